The van der Waals surface area contributed by atoms with E-state index in [-0.39, 0.29) is 103 Å². The first-order valence-corrected chi connectivity index (χ1v) is 14.5. The third-order valence-electron chi connectivity index (χ3n) is 6.21. The molecule has 3 aromatic rings. The Balaban J connectivity index is 0.00000529. The van der Waals surface area contributed by atoms with Gasteiger partial charge in [0, 0.05) is 29.6 Å². The number of phosphoric ester groups is 1. The van der Waals surface area contributed by atoms with Crippen LogP contribution in [0.4, 0.5) is 18.0 Å². The second-order valence-electron chi connectivity index (χ2n) is 9.24. The molecule has 1 aromatic carbocycles. The van der Waals surface area contributed by atoms with Gasteiger partial charge in [-0.1, -0.05) is 13.0 Å². The molecule has 0 amide bonds. The number of carbonyl (C=O) groups excluding carboxylic acids is 1. The topological polar surface area (TPSA) is 194 Å². The molecule has 1 unspecified atom stereocenters. The van der Waals surface area contributed by atoms with Crippen molar-refractivity contribution < 1.29 is 125 Å². The zero-order valence-electron chi connectivity index (χ0n) is 25.6. The minimum Gasteiger partial charge on any atom is -0.790 e. The molecule has 0 radical (unpaired) electrons. The fraction of sp³-hybridized carbons (Fsp3) is 0.480. The quantitative estimate of drug-likeness (QED) is 0.0463. The number of aliphatic hydroxyl groups is 1. The van der Waals surface area contributed by atoms with Gasteiger partial charge in [-0.25, -0.2) is 27.9 Å². The van der Waals surface area contributed by atoms with Crippen LogP contribution in [0.25, 0.3) is 0 Å². The van der Waals surface area contributed by atoms with Gasteiger partial charge in [-0.15, -0.1) is 4.68 Å². The molecule has 2 heterocycles. The van der Waals surface area contributed by atoms with Crippen LogP contribution in [0.1, 0.15) is 37.3 Å². The maximum absolute atomic E-state index is 14.9. The summed E-state index contributed by atoms with van der Waals surface area (Å²) in [6.45, 7) is 1.93. The van der Waals surface area contributed by atoms with Gasteiger partial charge in [-0.3, -0.25) is 0 Å². The monoisotopic (exact) mass is 694 g/mol. The molecular weight excluding hydrogens is 664 g/mol. The van der Waals surface area contributed by atoms with Crippen LogP contribution in [0.5, 0.6) is 0 Å². The summed E-state index contributed by atoms with van der Waals surface area (Å²) in [5.41, 5.74) is -2.70. The molecule has 46 heavy (non-hydrogen) atoms. The van der Waals surface area contributed by atoms with E-state index in [1.165, 1.54) is 35.8 Å². The zero-order chi connectivity index (χ0) is 32.3. The molecule has 15 nitrogen and oxygen atoms in total. The van der Waals surface area contributed by atoms with Gasteiger partial charge in [-0.2, -0.15) is 4.57 Å². The van der Waals surface area contributed by atoms with Crippen LogP contribution < -0.4 is 73.5 Å². The maximum atomic E-state index is 14.9. The maximum Gasteiger partial charge on any atom is 1.00 e. The number of aromatic nitrogens is 5. The van der Waals surface area contributed by atoms with Gasteiger partial charge >= 0.3 is 65.3 Å². The molecule has 3 atom stereocenters. The molecule has 0 fully saturated rings. The molecular formula is C25H30F3N5Na2O10P+. The Kier molecular flexibility index (Phi) is 18.6. The van der Waals surface area contributed by atoms with Gasteiger partial charge in [-0.05, 0) is 6.07 Å². The van der Waals surface area contributed by atoms with Crippen molar-refractivity contribution in [2.45, 2.75) is 38.1 Å². The summed E-state index contributed by atoms with van der Waals surface area (Å²) in [5, 5.41) is 15.9. The van der Waals surface area contributed by atoms with Crippen LogP contribution in [0, 0.1) is 17.5 Å². The Labute approximate surface area is 306 Å². The molecule has 0 aliphatic heterocycles. The third kappa shape index (κ3) is 13.2. The van der Waals surface area contributed by atoms with Gasteiger partial charge in [0.25, 0.3) is 6.33 Å². The van der Waals surface area contributed by atoms with E-state index in [0.29, 0.717) is 6.07 Å². The van der Waals surface area contributed by atoms with E-state index in [0.717, 1.165) is 24.7 Å². The second-order valence-corrected chi connectivity index (χ2v) is 10.4. The van der Waals surface area contributed by atoms with E-state index in [2.05, 4.69) is 19.6 Å². The zero-order valence-corrected chi connectivity index (χ0v) is 30.5. The number of benzene rings is 1. The fourth-order valence-electron chi connectivity index (χ4n) is 3.97. The SMILES string of the molecule is CC(OC(=O)OCCOCCOCCOP(=O)([O-])[O-])[n+]1cnn(C[C@](O)(c2ccc(F)cc2F)[C@@H](C)c2ncncc2F)c1.[Na+].[Na+]. The molecule has 1 N–H and O–H groups in total. The number of phosphoric acid groups is 1. The fourth-order valence-corrected chi connectivity index (χ4v) is 4.26. The van der Waals surface area contributed by atoms with Crippen LogP contribution in [-0.4, -0.2) is 70.7 Å². The van der Waals surface area contributed by atoms with Crippen LogP contribution in [-0.2, 0) is 40.2 Å². The van der Waals surface area contributed by atoms with Gasteiger partial charge in [0.2, 0.25) is 12.6 Å². The molecule has 2 aromatic heterocycles. The van der Waals surface area contributed by atoms with E-state index in [4.69, 9.17) is 18.9 Å². The predicted octanol–water partition coefficient (Wildman–Crippen LogP) is -5.37. The van der Waals surface area contributed by atoms with E-state index in [1.54, 1.807) is 0 Å². The predicted molar refractivity (Wildman–Crippen MR) is 135 cm³/mol. The summed E-state index contributed by atoms with van der Waals surface area (Å²) in [6.07, 6.45) is 2.59. The summed E-state index contributed by atoms with van der Waals surface area (Å²) in [5.74, 6) is -3.92. The third-order valence-corrected chi connectivity index (χ3v) is 6.71. The van der Waals surface area contributed by atoms with Crippen LogP contribution >= 0.6 is 7.82 Å². The van der Waals surface area contributed by atoms with Crippen LogP contribution in [0.2, 0.25) is 0 Å². The molecule has 0 aliphatic carbocycles. The van der Waals surface area contributed by atoms with Crippen LogP contribution in [0.3, 0.4) is 0 Å². The normalized spacial score (nSPS) is 13.9. The Morgan fingerprint density at radius 3 is 2.35 bits per heavy atom. The molecule has 21 heteroatoms. The van der Waals surface area contributed by atoms with E-state index in [9.17, 15) is 37.4 Å². The van der Waals surface area contributed by atoms with E-state index >= 15 is 0 Å². The summed E-state index contributed by atoms with van der Waals surface area (Å²) < 4.78 is 80.2. The van der Waals surface area contributed by atoms with Crippen molar-refractivity contribution in [3.8, 4) is 0 Å². The van der Waals surface area contributed by atoms with Crippen molar-refractivity contribution in [3.63, 3.8) is 0 Å². The Morgan fingerprint density at radius 2 is 1.72 bits per heavy atom. The second kappa shape index (κ2) is 20.1. The first kappa shape index (κ1) is 42.5. The molecule has 0 bridgehead atoms. The number of hydrogen-bond acceptors (Lipinski definition) is 13. The molecule has 3 rings (SSSR count). The van der Waals surface area contributed by atoms with Crippen molar-refractivity contribution in [1.29, 1.82) is 0 Å². The summed E-state index contributed by atoms with van der Waals surface area (Å²) in [6, 6.07) is 2.61. The first-order valence-electron chi connectivity index (χ1n) is 13.0. The van der Waals surface area contributed by atoms with Gasteiger partial charge < -0.3 is 42.9 Å². The average molecular weight is 694 g/mol. The smallest absolute Gasteiger partial charge is 0.790 e. The standard InChI is InChI=1S/C25H31F3N5O10P.2Na/c1-17(23-22(28)12-29-14-30-23)25(35,20-4-3-19(26)11-21(20)27)13-33-16-32(15-31-33)18(2)43-24(34)41-9-7-39-5-6-40-8-10-42-44(36,37)38;;/h3-4,11-12,14-18,35H,5-10,13H2,1-2H3,(H-,36,37,38);;/q;2*+1/p-1/t17-,18?,25+;;/m0../s1. The van der Waals surface area contributed by atoms with Crippen LogP contribution in [0.15, 0.2) is 43.4 Å². The minimum absolute atomic E-state index is 0. The van der Waals surface area contributed by atoms with Gasteiger partial charge in [0.15, 0.2) is 5.82 Å². The average Bonchev–Trinajstić information content (AvgIpc) is 3.41. The summed E-state index contributed by atoms with van der Waals surface area (Å²) >= 11 is 0. The van der Waals surface area contributed by atoms with Crippen molar-refractivity contribution in [3.05, 3.63) is 72.1 Å². The van der Waals surface area contributed by atoms with E-state index < -0.39 is 62.3 Å². The van der Waals surface area contributed by atoms with Crippen molar-refractivity contribution in [2.24, 2.45) is 0 Å². The Bertz CT molecular complexity index is 1440. The first-order chi connectivity index (χ1) is 20.8. The molecule has 0 saturated heterocycles. The minimum atomic E-state index is -5.04. The Morgan fingerprint density at radius 1 is 1.07 bits per heavy atom. The van der Waals surface area contributed by atoms with E-state index in [1.807, 2.05) is 0 Å². The molecule has 0 spiro atoms. The number of rotatable bonds is 17. The molecule has 0 saturated carbocycles. The number of carbonyl (C=O) groups is 1. The molecule has 0 aliphatic rings. The van der Waals surface area contributed by atoms with Gasteiger partial charge in [0.1, 0.15) is 36.7 Å². The number of ether oxygens (including phenoxy) is 4. The van der Waals surface area contributed by atoms with Crippen molar-refractivity contribution in [1.82, 2.24) is 19.7 Å². The number of hydrogen-bond donors (Lipinski definition) is 1. The molecule has 242 valence electrons. The van der Waals surface area contributed by atoms with Crippen molar-refractivity contribution in [2.75, 3.05) is 39.6 Å². The Hall–Kier alpha value is -1.51. The van der Waals surface area contributed by atoms with Gasteiger partial charge in [0.05, 0.1) is 52.7 Å². The number of nitrogens with zero attached hydrogens (tertiary/aromatic N) is 5. The summed E-state index contributed by atoms with van der Waals surface area (Å²) in [4.78, 5) is 40.2. The summed E-state index contributed by atoms with van der Waals surface area (Å²) in [7, 11) is -5.04. The number of halogens is 3. The van der Waals surface area contributed by atoms with Crippen molar-refractivity contribution >= 4 is 14.0 Å². The largest absolute Gasteiger partial charge is 1.00 e.